The maximum atomic E-state index is 12.9. The van der Waals surface area contributed by atoms with Crippen LogP contribution in [-0.4, -0.2) is 23.7 Å². The second-order valence-corrected chi connectivity index (χ2v) is 5.08. The Bertz CT molecular complexity index is 383. The van der Waals surface area contributed by atoms with Crippen molar-refractivity contribution >= 4 is 34.8 Å². The summed E-state index contributed by atoms with van der Waals surface area (Å²) in [4.78, 5) is 0. The highest BCUT2D eigenvalue weighted by atomic mass is 32.2. The van der Waals surface area contributed by atoms with E-state index in [-0.39, 0.29) is 5.82 Å². The van der Waals surface area contributed by atoms with Crippen molar-refractivity contribution in [2.24, 2.45) is 0 Å². The molecule has 0 heterocycles. The molecule has 0 unspecified atom stereocenters. The summed E-state index contributed by atoms with van der Waals surface area (Å²) in [6, 6.07) is 4.60. The lowest BCUT2D eigenvalue weighted by molar-refractivity contribution is 0.627. The van der Waals surface area contributed by atoms with Gasteiger partial charge in [-0.3, -0.25) is 0 Å². The number of hydrogen-bond acceptors (Lipinski definition) is 2. The first-order valence-corrected chi connectivity index (χ1v) is 7.23. The van der Waals surface area contributed by atoms with Gasteiger partial charge in [-0.25, -0.2) is 4.39 Å². The summed E-state index contributed by atoms with van der Waals surface area (Å²) in [7, 11) is 0. The second-order valence-electron chi connectivity index (χ2n) is 3.69. The highest BCUT2D eigenvalue weighted by Crippen LogP contribution is 2.15. The molecule has 0 aliphatic rings. The topological polar surface area (TPSA) is 24.1 Å². The summed E-state index contributed by atoms with van der Waals surface area (Å²) in [5.41, 5.74) is 1.69. The van der Waals surface area contributed by atoms with Crippen LogP contribution in [0.1, 0.15) is 12.0 Å². The van der Waals surface area contributed by atoms with Crippen molar-refractivity contribution in [3.8, 4) is 0 Å². The zero-order chi connectivity index (χ0) is 12.7. The standard InChI is InChI=1S/C12H17FN2S2/c1-9-8-10(13)4-5-11(9)15-12(16)14-6-3-7-17-2/h4-5,8H,3,6-7H2,1-2H3,(H2,14,15,16). The number of hydrogen-bond donors (Lipinski definition) is 2. The van der Waals surface area contributed by atoms with E-state index in [4.69, 9.17) is 12.2 Å². The third-order valence-corrected chi connectivity index (χ3v) is 3.19. The number of nitrogens with one attached hydrogen (secondary N) is 2. The van der Waals surface area contributed by atoms with Gasteiger partial charge in [-0.1, -0.05) is 0 Å². The van der Waals surface area contributed by atoms with Gasteiger partial charge in [0.1, 0.15) is 5.82 Å². The van der Waals surface area contributed by atoms with Crippen LogP contribution in [-0.2, 0) is 0 Å². The van der Waals surface area contributed by atoms with Crippen molar-refractivity contribution in [3.63, 3.8) is 0 Å². The van der Waals surface area contributed by atoms with E-state index in [0.29, 0.717) is 5.11 Å². The molecule has 0 radical (unpaired) electrons. The van der Waals surface area contributed by atoms with E-state index in [1.807, 2.05) is 18.7 Å². The molecule has 94 valence electrons. The fraction of sp³-hybridized carbons (Fsp3) is 0.417. The van der Waals surface area contributed by atoms with Crippen LogP contribution in [0, 0.1) is 12.7 Å². The minimum Gasteiger partial charge on any atom is -0.362 e. The summed E-state index contributed by atoms with van der Waals surface area (Å²) >= 11 is 6.97. The fourth-order valence-electron chi connectivity index (χ4n) is 1.35. The maximum Gasteiger partial charge on any atom is 0.170 e. The van der Waals surface area contributed by atoms with E-state index in [1.54, 1.807) is 6.07 Å². The summed E-state index contributed by atoms with van der Waals surface area (Å²) in [5, 5.41) is 6.77. The second kappa shape index (κ2) is 7.50. The smallest absolute Gasteiger partial charge is 0.170 e. The molecule has 0 amide bonds. The number of anilines is 1. The van der Waals surface area contributed by atoms with E-state index >= 15 is 0 Å². The summed E-state index contributed by atoms with van der Waals surface area (Å²) < 4.78 is 12.9. The predicted octanol–water partition coefficient (Wildman–Crippen LogP) is 3.17. The van der Waals surface area contributed by atoms with Crippen LogP contribution < -0.4 is 10.6 Å². The van der Waals surface area contributed by atoms with Gasteiger partial charge in [0.2, 0.25) is 0 Å². The van der Waals surface area contributed by atoms with Gasteiger partial charge >= 0.3 is 0 Å². The van der Waals surface area contributed by atoms with Crippen LogP contribution in [0.2, 0.25) is 0 Å². The third kappa shape index (κ3) is 5.37. The van der Waals surface area contributed by atoms with Gasteiger partial charge in [0, 0.05) is 12.2 Å². The monoisotopic (exact) mass is 272 g/mol. The number of benzene rings is 1. The Labute approximate surface area is 111 Å². The maximum absolute atomic E-state index is 12.9. The summed E-state index contributed by atoms with van der Waals surface area (Å²) in [5.74, 6) is 0.887. The van der Waals surface area contributed by atoms with Crippen molar-refractivity contribution in [1.29, 1.82) is 0 Å². The van der Waals surface area contributed by atoms with Crippen LogP contribution in [0.3, 0.4) is 0 Å². The average Bonchev–Trinajstić information content (AvgIpc) is 2.28. The normalized spacial score (nSPS) is 10.1. The molecule has 0 aromatic heterocycles. The lowest BCUT2D eigenvalue weighted by atomic mass is 10.2. The Morgan fingerprint density at radius 1 is 1.47 bits per heavy atom. The zero-order valence-corrected chi connectivity index (χ0v) is 11.7. The Kier molecular flexibility index (Phi) is 6.29. The molecule has 17 heavy (non-hydrogen) atoms. The number of thiocarbonyl (C=S) groups is 1. The Morgan fingerprint density at radius 2 is 2.24 bits per heavy atom. The number of aryl methyl sites for hydroxylation is 1. The fourth-order valence-corrected chi connectivity index (χ4v) is 2.00. The predicted molar refractivity (Wildman–Crippen MR) is 78.4 cm³/mol. The number of thioether (sulfide) groups is 1. The molecule has 2 N–H and O–H groups in total. The van der Waals surface area contributed by atoms with Crippen LogP contribution in [0.5, 0.6) is 0 Å². The van der Waals surface area contributed by atoms with E-state index in [9.17, 15) is 4.39 Å². The molecule has 0 fully saturated rings. The molecule has 1 rings (SSSR count). The van der Waals surface area contributed by atoms with Gasteiger partial charge < -0.3 is 10.6 Å². The van der Waals surface area contributed by atoms with Gasteiger partial charge in [0.15, 0.2) is 5.11 Å². The van der Waals surface area contributed by atoms with Gasteiger partial charge in [-0.05, 0) is 61.3 Å². The molecule has 0 aliphatic heterocycles. The first-order chi connectivity index (χ1) is 8.13. The molecule has 0 bridgehead atoms. The molecule has 0 spiro atoms. The van der Waals surface area contributed by atoms with Gasteiger partial charge in [-0.2, -0.15) is 11.8 Å². The molecule has 0 atom stereocenters. The first-order valence-electron chi connectivity index (χ1n) is 5.43. The van der Waals surface area contributed by atoms with E-state index < -0.39 is 0 Å². The molecule has 2 nitrogen and oxygen atoms in total. The largest absolute Gasteiger partial charge is 0.362 e. The summed E-state index contributed by atoms with van der Waals surface area (Å²) in [6.07, 6.45) is 3.16. The average molecular weight is 272 g/mol. The third-order valence-electron chi connectivity index (χ3n) is 2.25. The molecular weight excluding hydrogens is 255 g/mol. The quantitative estimate of drug-likeness (QED) is 0.635. The highest BCUT2D eigenvalue weighted by molar-refractivity contribution is 7.98. The van der Waals surface area contributed by atoms with Crippen molar-refractivity contribution in [3.05, 3.63) is 29.6 Å². The van der Waals surface area contributed by atoms with Crippen LogP contribution >= 0.6 is 24.0 Å². The van der Waals surface area contributed by atoms with Gasteiger partial charge in [0.25, 0.3) is 0 Å². The van der Waals surface area contributed by atoms with Crippen LogP contribution in [0.25, 0.3) is 0 Å². The molecule has 0 aliphatic carbocycles. The molecule has 5 heteroatoms. The Balaban J connectivity index is 2.40. The SMILES string of the molecule is CSCCCNC(=S)Nc1ccc(F)cc1C. The molecule has 1 aromatic carbocycles. The number of halogens is 1. The van der Waals surface area contributed by atoms with Crippen LogP contribution in [0.4, 0.5) is 10.1 Å². The van der Waals surface area contributed by atoms with Crippen molar-refractivity contribution in [1.82, 2.24) is 5.32 Å². The zero-order valence-electron chi connectivity index (χ0n) is 10.0. The van der Waals surface area contributed by atoms with Crippen LogP contribution in [0.15, 0.2) is 18.2 Å². The molecule has 1 aromatic rings. The van der Waals surface area contributed by atoms with Gasteiger partial charge in [0.05, 0.1) is 0 Å². The minimum atomic E-state index is -0.230. The molecule has 0 saturated carbocycles. The van der Waals surface area contributed by atoms with E-state index in [2.05, 4.69) is 16.9 Å². The molecular formula is C12H17FN2S2. The van der Waals surface area contributed by atoms with E-state index in [1.165, 1.54) is 12.1 Å². The number of rotatable bonds is 5. The summed E-state index contributed by atoms with van der Waals surface area (Å²) in [6.45, 7) is 2.70. The van der Waals surface area contributed by atoms with Crippen molar-refractivity contribution < 1.29 is 4.39 Å². The van der Waals surface area contributed by atoms with Gasteiger partial charge in [-0.15, -0.1) is 0 Å². The molecule has 0 saturated heterocycles. The Morgan fingerprint density at radius 3 is 2.88 bits per heavy atom. The highest BCUT2D eigenvalue weighted by Gasteiger charge is 2.01. The van der Waals surface area contributed by atoms with Crippen molar-refractivity contribution in [2.45, 2.75) is 13.3 Å². The minimum absolute atomic E-state index is 0.230. The lowest BCUT2D eigenvalue weighted by Crippen LogP contribution is -2.29. The lowest BCUT2D eigenvalue weighted by Gasteiger charge is -2.12. The van der Waals surface area contributed by atoms with Crippen molar-refractivity contribution in [2.75, 3.05) is 23.9 Å². The first kappa shape index (κ1) is 14.3. The Hall–Kier alpha value is -0.810. The van der Waals surface area contributed by atoms with E-state index in [0.717, 1.165) is 30.0 Å².